The number of benzene rings is 2. The lowest BCUT2D eigenvalue weighted by Gasteiger charge is -2.31. The maximum Gasteiger partial charge on any atom is 0.223 e. The minimum atomic E-state index is -0.0862. The van der Waals surface area contributed by atoms with Crippen LogP contribution in [0.5, 0.6) is 0 Å². The Labute approximate surface area is 155 Å². The van der Waals surface area contributed by atoms with Gasteiger partial charge in [-0.3, -0.25) is 9.69 Å². The van der Waals surface area contributed by atoms with E-state index in [-0.39, 0.29) is 11.3 Å². The number of carbonyl (C=O) groups excluding carboxylic acids is 1. The van der Waals surface area contributed by atoms with Crippen LogP contribution in [0.2, 0.25) is 0 Å². The predicted octanol–water partition coefficient (Wildman–Crippen LogP) is 2.94. The number of ether oxygens (including phenoxy) is 1. The first kappa shape index (κ1) is 17.3. The van der Waals surface area contributed by atoms with Gasteiger partial charge in [-0.15, -0.1) is 0 Å². The van der Waals surface area contributed by atoms with Crippen LogP contribution < -0.4 is 0 Å². The second kappa shape index (κ2) is 7.60. The van der Waals surface area contributed by atoms with Crippen LogP contribution in [0.4, 0.5) is 0 Å². The number of hydrogen-bond donors (Lipinski definition) is 0. The molecule has 2 aliphatic rings. The van der Waals surface area contributed by atoms with Gasteiger partial charge in [-0.2, -0.15) is 0 Å². The Morgan fingerprint density at radius 3 is 2.23 bits per heavy atom. The van der Waals surface area contributed by atoms with Crippen LogP contribution >= 0.6 is 0 Å². The Morgan fingerprint density at radius 1 is 0.885 bits per heavy atom. The van der Waals surface area contributed by atoms with Crippen molar-refractivity contribution in [2.24, 2.45) is 5.41 Å². The Hall–Kier alpha value is -2.17. The number of carbonyl (C=O) groups is 1. The number of amides is 1. The first-order valence-corrected chi connectivity index (χ1v) is 9.38. The van der Waals surface area contributed by atoms with E-state index >= 15 is 0 Å². The van der Waals surface area contributed by atoms with Gasteiger partial charge in [-0.1, -0.05) is 60.7 Å². The summed E-state index contributed by atoms with van der Waals surface area (Å²) < 4.78 is 5.93. The fourth-order valence-corrected chi connectivity index (χ4v) is 4.19. The molecule has 4 heteroatoms. The molecule has 2 aliphatic heterocycles. The normalized spacial score (nSPS) is 24.2. The van der Waals surface area contributed by atoms with Gasteiger partial charge in [0.2, 0.25) is 5.91 Å². The molecule has 2 aromatic rings. The molecule has 0 saturated carbocycles. The van der Waals surface area contributed by atoms with E-state index in [0.29, 0.717) is 19.6 Å². The summed E-state index contributed by atoms with van der Waals surface area (Å²) in [5.41, 5.74) is 2.42. The SMILES string of the molecule is O=C1C[C@@]2(COCCN(Cc3ccccc3)C2)CN1Cc1ccccc1. The molecule has 1 spiro atoms. The van der Waals surface area contributed by atoms with Gasteiger partial charge < -0.3 is 9.64 Å². The lowest BCUT2D eigenvalue weighted by Crippen LogP contribution is -2.40. The summed E-state index contributed by atoms with van der Waals surface area (Å²) in [7, 11) is 0. The Morgan fingerprint density at radius 2 is 1.54 bits per heavy atom. The van der Waals surface area contributed by atoms with Gasteiger partial charge in [-0.25, -0.2) is 0 Å². The third-order valence-corrected chi connectivity index (χ3v) is 5.39. The van der Waals surface area contributed by atoms with E-state index in [1.165, 1.54) is 11.1 Å². The molecule has 0 N–H and O–H groups in total. The highest BCUT2D eigenvalue weighted by atomic mass is 16.5. The van der Waals surface area contributed by atoms with Gasteiger partial charge in [0.1, 0.15) is 0 Å². The van der Waals surface area contributed by atoms with Gasteiger partial charge in [0.15, 0.2) is 0 Å². The molecule has 0 radical (unpaired) electrons. The molecule has 0 unspecified atom stereocenters. The van der Waals surface area contributed by atoms with Gasteiger partial charge in [0, 0.05) is 44.6 Å². The van der Waals surface area contributed by atoms with Gasteiger partial charge in [0.05, 0.1) is 13.2 Å². The number of rotatable bonds is 4. The van der Waals surface area contributed by atoms with Crippen molar-refractivity contribution in [3.63, 3.8) is 0 Å². The van der Waals surface area contributed by atoms with E-state index in [1.54, 1.807) is 0 Å². The molecule has 2 fully saturated rings. The van der Waals surface area contributed by atoms with Crippen molar-refractivity contribution in [3.8, 4) is 0 Å². The van der Waals surface area contributed by atoms with E-state index < -0.39 is 0 Å². The summed E-state index contributed by atoms with van der Waals surface area (Å²) in [6.07, 6.45) is 0.588. The van der Waals surface area contributed by atoms with E-state index in [9.17, 15) is 4.79 Å². The van der Waals surface area contributed by atoms with Gasteiger partial charge in [-0.05, 0) is 11.1 Å². The van der Waals surface area contributed by atoms with Crippen LogP contribution in [0.15, 0.2) is 60.7 Å². The monoisotopic (exact) mass is 350 g/mol. The minimum Gasteiger partial charge on any atom is -0.379 e. The molecule has 1 atom stereocenters. The van der Waals surface area contributed by atoms with Crippen molar-refractivity contribution >= 4 is 5.91 Å². The van der Waals surface area contributed by atoms with Crippen molar-refractivity contribution in [2.45, 2.75) is 19.5 Å². The molecule has 0 aliphatic carbocycles. The molecule has 2 heterocycles. The molecular formula is C22H26N2O2. The average Bonchev–Trinajstić information content (AvgIpc) is 2.83. The van der Waals surface area contributed by atoms with E-state index in [1.807, 2.05) is 29.2 Å². The fourth-order valence-electron chi connectivity index (χ4n) is 4.19. The van der Waals surface area contributed by atoms with E-state index in [4.69, 9.17) is 4.74 Å². The maximum absolute atomic E-state index is 12.7. The van der Waals surface area contributed by atoms with Gasteiger partial charge >= 0.3 is 0 Å². The second-order valence-corrected chi connectivity index (χ2v) is 7.66. The van der Waals surface area contributed by atoms with Crippen LogP contribution in [0.1, 0.15) is 17.5 Å². The van der Waals surface area contributed by atoms with Crippen molar-refractivity contribution in [3.05, 3.63) is 71.8 Å². The quantitative estimate of drug-likeness (QED) is 0.850. The third-order valence-electron chi connectivity index (χ3n) is 5.39. The van der Waals surface area contributed by atoms with Crippen molar-refractivity contribution in [2.75, 3.05) is 32.8 Å². The Kier molecular flexibility index (Phi) is 5.05. The summed E-state index contributed by atoms with van der Waals surface area (Å²) in [6.45, 7) is 5.64. The van der Waals surface area contributed by atoms with Gasteiger partial charge in [0.25, 0.3) is 0 Å². The van der Waals surface area contributed by atoms with E-state index in [2.05, 4.69) is 41.3 Å². The summed E-state index contributed by atoms with van der Waals surface area (Å²) in [4.78, 5) is 17.1. The molecule has 0 bridgehead atoms. The summed E-state index contributed by atoms with van der Waals surface area (Å²) >= 11 is 0. The van der Waals surface area contributed by atoms with E-state index in [0.717, 1.165) is 32.8 Å². The Bertz CT molecular complexity index is 734. The van der Waals surface area contributed by atoms with Crippen LogP contribution in [0.25, 0.3) is 0 Å². The average molecular weight is 350 g/mol. The number of likely N-dealkylation sites (tertiary alicyclic amines) is 1. The standard InChI is InChI=1S/C22H26N2O2/c25-21-13-22(17-24(21)15-20-9-5-2-6-10-20)16-23(11-12-26-18-22)14-19-7-3-1-4-8-19/h1-10H,11-18H2/t22-/m0/s1. The first-order chi connectivity index (χ1) is 12.7. The Balaban J connectivity index is 1.45. The molecular weight excluding hydrogens is 324 g/mol. The lowest BCUT2D eigenvalue weighted by molar-refractivity contribution is -0.128. The van der Waals surface area contributed by atoms with Crippen molar-refractivity contribution < 1.29 is 9.53 Å². The van der Waals surface area contributed by atoms with Crippen LogP contribution in [-0.4, -0.2) is 48.6 Å². The van der Waals surface area contributed by atoms with Crippen LogP contribution in [0.3, 0.4) is 0 Å². The molecule has 4 rings (SSSR count). The molecule has 2 saturated heterocycles. The zero-order chi connectivity index (χ0) is 17.8. The summed E-state index contributed by atoms with van der Waals surface area (Å²) in [5, 5.41) is 0. The van der Waals surface area contributed by atoms with Crippen LogP contribution in [0, 0.1) is 5.41 Å². The smallest absolute Gasteiger partial charge is 0.223 e. The van der Waals surface area contributed by atoms with Crippen molar-refractivity contribution in [1.82, 2.24) is 9.80 Å². The highest BCUT2D eigenvalue weighted by Gasteiger charge is 2.45. The molecule has 1 amide bonds. The zero-order valence-electron chi connectivity index (χ0n) is 15.1. The maximum atomic E-state index is 12.7. The molecule has 0 aromatic heterocycles. The first-order valence-electron chi connectivity index (χ1n) is 9.38. The highest BCUT2D eigenvalue weighted by molar-refractivity contribution is 5.79. The molecule has 2 aromatic carbocycles. The molecule has 4 nitrogen and oxygen atoms in total. The minimum absolute atomic E-state index is 0.0862. The van der Waals surface area contributed by atoms with Crippen LogP contribution in [-0.2, 0) is 22.6 Å². The highest BCUT2D eigenvalue weighted by Crippen LogP contribution is 2.35. The number of hydrogen-bond acceptors (Lipinski definition) is 3. The van der Waals surface area contributed by atoms with Crippen molar-refractivity contribution in [1.29, 1.82) is 0 Å². The fraction of sp³-hybridized carbons (Fsp3) is 0.409. The third kappa shape index (κ3) is 3.97. The second-order valence-electron chi connectivity index (χ2n) is 7.66. The predicted molar refractivity (Wildman–Crippen MR) is 101 cm³/mol. The molecule has 136 valence electrons. The molecule has 26 heavy (non-hydrogen) atoms. The number of nitrogens with zero attached hydrogens (tertiary/aromatic N) is 2. The topological polar surface area (TPSA) is 32.8 Å². The lowest BCUT2D eigenvalue weighted by atomic mass is 9.87. The zero-order valence-corrected chi connectivity index (χ0v) is 15.1. The summed E-state index contributed by atoms with van der Waals surface area (Å²) in [5.74, 6) is 0.249. The summed E-state index contributed by atoms with van der Waals surface area (Å²) in [6, 6.07) is 20.8. The largest absolute Gasteiger partial charge is 0.379 e.